The van der Waals surface area contributed by atoms with E-state index in [1.807, 2.05) is 19.1 Å². The number of carbonyl (C=O) groups excluding carboxylic acids is 1. The van der Waals surface area contributed by atoms with Crippen molar-refractivity contribution < 1.29 is 22.9 Å². The molecule has 0 unspecified atom stereocenters. The van der Waals surface area contributed by atoms with Crippen molar-refractivity contribution in [1.29, 1.82) is 0 Å². The van der Waals surface area contributed by atoms with Crippen molar-refractivity contribution in [3.8, 4) is 5.75 Å². The van der Waals surface area contributed by atoms with E-state index in [9.17, 15) is 23.3 Å². The van der Waals surface area contributed by atoms with Crippen molar-refractivity contribution in [3.63, 3.8) is 0 Å². The summed E-state index contributed by atoms with van der Waals surface area (Å²) >= 11 is 0.780. The Balaban J connectivity index is 1.63. The Kier molecular flexibility index (Phi) is 6.43. The Morgan fingerprint density at radius 3 is 2.43 bits per heavy atom. The molecule has 0 aliphatic heterocycles. The number of ether oxygens (including phenoxy) is 1. The molecule has 1 N–H and O–H groups in total. The third kappa shape index (κ3) is 4.99. The van der Waals surface area contributed by atoms with Crippen LogP contribution in [0.1, 0.15) is 12.5 Å². The summed E-state index contributed by atoms with van der Waals surface area (Å²) in [4.78, 5) is 26.0. The van der Waals surface area contributed by atoms with Gasteiger partial charge in [-0.1, -0.05) is 30.4 Å². The summed E-state index contributed by atoms with van der Waals surface area (Å²) in [5.41, 5.74) is 0.937. The highest BCUT2D eigenvalue weighted by Gasteiger charge is 2.22. The zero-order valence-corrected chi connectivity index (χ0v) is 17.4. The lowest BCUT2D eigenvalue weighted by atomic mass is 10.2. The fourth-order valence-corrected chi connectivity index (χ4v) is 4.88. The second kappa shape index (κ2) is 9.01. The van der Waals surface area contributed by atoms with Crippen LogP contribution in [0.15, 0.2) is 63.8 Å². The molecule has 11 heteroatoms. The number of nitrogens with one attached hydrogen (secondary N) is 1. The van der Waals surface area contributed by atoms with Crippen LogP contribution < -0.4 is 10.1 Å². The molecule has 0 radical (unpaired) electrons. The molecule has 0 fully saturated rings. The molecule has 0 spiro atoms. The largest absolute Gasteiger partial charge is 0.484 e. The van der Waals surface area contributed by atoms with Crippen molar-refractivity contribution >= 4 is 37.9 Å². The average Bonchev–Trinajstić information content (AvgIpc) is 3.22. The van der Waals surface area contributed by atoms with Crippen molar-refractivity contribution in [1.82, 2.24) is 4.98 Å². The molecule has 1 heterocycles. The van der Waals surface area contributed by atoms with Gasteiger partial charge in [-0.05, 0) is 36.2 Å². The van der Waals surface area contributed by atoms with Crippen molar-refractivity contribution in [2.24, 2.45) is 0 Å². The lowest BCUT2D eigenvalue weighted by Crippen LogP contribution is -2.19. The number of aromatic nitrogens is 1. The normalized spacial score (nSPS) is 11.1. The number of aryl methyl sites for hydroxylation is 1. The first kappa shape index (κ1) is 21.4. The van der Waals surface area contributed by atoms with Crippen LogP contribution in [0, 0.1) is 10.1 Å². The second-order valence-corrected chi connectivity index (χ2v) is 9.28. The number of sulfone groups is 1. The summed E-state index contributed by atoms with van der Waals surface area (Å²) in [6.07, 6.45) is 2.03. The first-order valence-electron chi connectivity index (χ1n) is 8.76. The third-order valence-electron chi connectivity index (χ3n) is 4.06. The van der Waals surface area contributed by atoms with Gasteiger partial charge in [0.2, 0.25) is 9.84 Å². The van der Waals surface area contributed by atoms with Crippen LogP contribution >= 0.6 is 11.3 Å². The van der Waals surface area contributed by atoms with E-state index < -0.39 is 20.7 Å². The quantitative estimate of drug-likeness (QED) is 0.413. The number of amides is 1. The van der Waals surface area contributed by atoms with Gasteiger partial charge in [0.25, 0.3) is 11.6 Å². The maximum absolute atomic E-state index is 12.6. The summed E-state index contributed by atoms with van der Waals surface area (Å²) in [5.74, 6) is 0.0612. The molecule has 3 rings (SSSR count). The molecule has 0 aliphatic rings. The molecule has 0 bridgehead atoms. The van der Waals surface area contributed by atoms with Gasteiger partial charge < -0.3 is 4.74 Å². The van der Waals surface area contributed by atoms with Crippen LogP contribution in [-0.2, 0) is 21.1 Å². The second-order valence-electron chi connectivity index (χ2n) is 6.07. The highest BCUT2D eigenvalue weighted by Crippen LogP contribution is 2.29. The van der Waals surface area contributed by atoms with Gasteiger partial charge in [-0.3, -0.25) is 20.2 Å². The molecule has 0 saturated carbocycles. The number of hydrogen-bond donors (Lipinski definition) is 1. The van der Waals surface area contributed by atoms with Gasteiger partial charge in [-0.25, -0.2) is 13.4 Å². The standard InChI is InChI=1S/C19H17N3O6S2/c1-2-13-3-7-15(8-4-13)28-12-17(23)21-19-20-11-18(29-19)30(26,27)16-9-5-14(6-10-16)22(24)25/h3-11H,2,12H2,1H3,(H,20,21,23). The zero-order valence-electron chi connectivity index (χ0n) is 15.8. The Morgan fingerprint density at radius 1 is 1.17 bits per heavy atom. The maximum Gasteiger partial charge on any atom is 0.269 e. The van der Waals surface area contributed by atoms with E-state index in [1.165, 1.54) is 0 Å². The molecule has 3 aromatic rings. The molecule has 0 atom stereocenters. The van der Waals surface area contributed by atoms with E-state index in [0.717, 1.165) is 53.8 Å². The molecular weight excluding hydrogens is 430 g/mol. The number of non-ortho nitro benzene ring substituents is 1. The minimum absolute atomic E-state index is 0.0947. The number of rotatable bonds is 8. The molecular formula is C19H17N3O6S2. The topological polar surface area (TPSA) is 128 Å². The number of carbonyl (C=O) groups is 1. The van der Waals surface area contributed by atoms with E-state index in [1.54, 1.807) is 12.1 Å². The van der Waals surface area contributed by atoms with Gasteiger partial charge in [0, 0.05) is 12.1 Å². The number of hydrogen-bond acceptors (Lipinski definition) is 8. The van der Waals surface area contributed by atoms with E-state index in [4.69, 9.17) is 4.74 Å². The smallest absolute Gasteiger partial charge is 0.269 e. The van der Waals surface area contributed by atoms with Gasteiger partial charge in [-0.2, -0.15) is 0 Å². The fraction of sp³-hybridized carbons (Fsp3) is 0.158. The molecule has 9 nitrogen and oxygen atoms in total. The Morgan fingerprint density at radius 2 is 1.83 bits per heavy atom. The van der Waals surface area contributed by atoms with Crippen LogP contribution in [-0.4, -0.2) is 30.8 Å². The van der Waals surface area contributed by atoms with Crippen molar-refractivity contribution in [2.45, 2.75) is 22.4 Å². The molecule has 0 aliphatic carbocycles. The zero-order chi connectivity index (χ0) is 21.7. The van der Waals surface area contributed by atoms with Crippen LogP contribution in [0.4, 0.5) is 10.8 Å². The number of nitro benzene ring substituents is 1. The number of thiazole rings is 1. The highest BCUT2D eigenvalue weighted by atomic mass is 32.2. The van der Waals surface area contributed by atoms with Crippen LogP contribution in [0.3, 0.4) is 0 Å². The summed E-state index contributed by atoms with van der Waals surface area (Å²) in [5, 5.41) is 13.3. The molecule has 1 amide bonds. The SMILES string of the molecule is CCc1ccc(OCC(=O)Nc2ncc(S(=O)(=O)c3ccc([N+](=O)[O-])cc3)s2)cc1. The lowest BCUT2D eigenvalue weighted by molar-refractivity contribution is -0.384. The minimum atomic E-state index is -3.91. The van der Waals surface area contributed by atoms with Crippen LogP contribution in [0.2, 0.25) is 0 Å². The predicted molar refractivity (Wildman–Crippen MR) is 111 cm³/mol. The molecule has 156 valence electrons. The predicted octanol–water partition coefficient (Wildman–Crippen LogP) is 3.46. The monoisotopic (exact) mass is 447 g/mol. The maximum atomic E-state index is 12.6. The van der Waals surface area contributed by atoms with E-state index in [2.05, 4.69) is 10.3 Å². The Labute approximate surface area is 176 Å². The molecule has 30 heavy (non-hydrogen) atoms. The third-order valence-corrected chi connectivity index (χ3v) is 7.20. The average molecular weight is 447 g/mol. The Bertz CT molecular complexity index is 1160. The van der Waals surface area contributed by atoms with Gasteiger partial charge >= 0.3 is 0 Å². The van der Waals surface area contributed by atoms with Gasteiger partial charge in [0.15, 0.2) is 11.7 Å². The molecule has 0 saturated heterocycles. The summed E-state index contributed by atoms with van der Waals surface area (Å²) < 4.78 is 30.6. The summed E-state index contributed by atoms with van der Waals surface area (Å²) in [6.45, 7) is 1.78. The fourth-order valence-electron chi connectivity index (χ4n) is 2.43. The number of nitro groups is 1. The summed E-state index contributed by atoms with van der Waals surface area (Å²) in [6, 6.07) is 11.9. The van der Waals surface area contributed by atoms with Crippen LogP contribution in [0.25, 0.3) is 0 Å². The number of benzene rings is 2. The first-order valence-corrected chi connectivity index (χ1v) is 11.1. The number of nitrogens with zero attached hydrogens (tertiary/aromatic N) is 2. The van der Waals surface area contributed by atoms with E-state index in [-0.39, 0.29) is 26.5 Å². The highest BCUT2D eigenvalue weighted by molar-refractivity contribution is 7.93. The van der Waals surface area contributed by atoms with Gasteiger partial charge in [0.05, 0.1) is 16.0 Å². The summed E-state index contributed by atoms with van der Waals surface area (Å²) in [7, 11) is -3.91. The van der Waals surface area contributed by atoms with Crippen molar-refractivity contribution in [2.75, 3.05) is 11.9 Å². The Hall–Kier alpha value is -3.31. The van der Waals surface area contributed by atoms with E-state index >= 15 is 0 Å². The van der Waals surface area contributed by atoms with Crippen LogP contribution in [0.5, 0.6) is 5.75 Å². The molecule has 1 aromatic heterocycles. The van der Waals surface area contributed by atoms with E-state index in [0.29, 0.717) is 5.75 Å². The minimum Gasteiger partial charge on any atom is -0.484 e. The number of anilines is 1. The van der Waals surface area contributed by atoms with Crippen molar-refractivity contribution in [3.05, 3.63) is 70.4 Å². The van der Waals surface area contributed by atoms with Gasteiger partial charge in [-0.15, -0.1) is 0 Å². The first-order chi connectivity index (χ1) is 14.3. The molecule has 2 aromatic carbocycles. The van der Waals surface area contributed by atoms with Gasteiger partial charge in [0.1, 0.15) is 9.96 Å². The lowest BCUT2D eigenvalue weighted by Gasteiger charge is -2.06.